The highest BCUT2D eigenvalue weighted by molar-refractivity contribution is 6.30. The maximum atomic E-state index is 14.3. The summed E-state index contributed by atoms with van der Waals surface area (Å²) in [5.41, 5.74) is 3.26. The van der Waals surface area contributed by atoms with Crippen LogP contribution < -0.4 is 16.0 Å². The van der Waals surface area contributed by atoms with Crippen LogP contribution in [0.2, 0.25) is 5.02 Å². The van der Waals surface area contributed by atoms with Gasteiger partial charge in [-0.25, -0.2) is 4.39 Å². The van der Waals surface area contributed by atoms with Gasteiger partial charge in [-0.3, -0.25) is 14.7 Å². The van der Waals surface area contributed by atoms with Crippen molar-refractivity contribution in [1.29, 1.82) is 0 Å². The van der Waals surface area contributed by atoms with E-state index in [1.54, 1.807) is 30.6 Å². The van der Waals surface area contributed by atoms with E-state index in [1.807, 2.05) is 12.1 Å². The van der Waals surface area contributed by atoms with E-state index in [-0.39, 0.29) is 11.5 Å². The van der Waals surface area contributed by atoms with Crippen LogP contribution in [0, 0.1) is 5.82 Å². The fourth-order valence-electron chi connectivity index (χ4n) is 4.18. The minimum Gasteiger partial charge on any atom is -0.354 e. The molecule has 3 N–H and O–H groups in total. The van der Waals surface area contributed by atoms with Crippen molar-refractivity contribution in [2.75, 3.05) is 44.6 Å². The average Bonchev–Trinajstić information content (AvgIpc) is 2.90. The van der Waals surface area contributed by atoms with Crippen molar-refractivity contribution in [3.05, 3.63) is 77.3 Å². The summed E-state index contributed by atoms with van der Waals surface area (Å²) in [6.45, 7) is 5.37. The van der Waals surface area contributed by atoms with Crippen LogP contribution in [-0.4, -0.2) is 65.3 Å². The van der Waals surface area contributed by atoms with E-state index in [4.69, 9.17) is 11.6 Å². The smallest absolute Gasteiger partial charge is 0.251 e. The number of nitrogens with zero attached hydrogens (tertiary/aromatic N) is 4. The van der Waals surface area contributed by atoms with Crippen molar-refractivity contribution in [2.45, 2.75) is 0 Å². The highest BCUT2D eigenvalue weighted by Crippen LogP contribution is 2.29. The molecule has 4 aromatic rings. The predicted molar refractivity (Wildman–Crippen MR) is 139 cm³/mol. The number of benzene rings is 2. The van der Waals surface area contributed by atoms with Gasteiger partial charge in [-0.15, -0.1) is 0 Å². The largest absolute Gasteiger partial charge is 0.354 e. The van der Waals surface area contributed by atoms with Gasteiger partial charge in [-0.05, 0) is 48.5 Å². The molecule has 1 amide bonds. The van der Waals surface area contributed by atoms with Crippen molar-refractivity contribution >= 4 is 39.8 Å². The van der Waals surface area contributed by atoms with Crippen LogP contribution >= 0.6 is 11.6 Å². The van der Waals surface area contributed by atoms with Crippen molar-refractivity contribution < 1.29 is 9.18 Å². The number of carbonyl (C=O) groups excluding carboxylic acids is 1. The number of rotatable bonds is 7. The number of amides is 1. The van der Waals surface area contributed by atoms with E-state index in [0.717, 1.165) is 43.8 Å². The van der Waals surface area contributed by atoms with E-state index in [0.29, 0.717) is 34.0 Å². The number of fused-ring (bicyclic) bond motifs is 1. The Kier molecular flexibility index (Phi) is 7.31. The quantitative estimate of drug-likeness (QED) is 0.351. The molecule has 10 heteroatoms. The second-order valence-corrected chi connectivity index (χ2v) is 8.95. The van der Waals surface area contributed by atoms with Crippen LogP contribution in [0.15, 0.2) is 60.9 Å². The number of nitrogens with one attached hydrogen (secondary N) is 3. The van der Waals surface area contributed by atoms with E-state index in [2.05, 4.69) is 36.0 Å². The Labute approximate surface area is 212 Å². The zero-order valence-electron chi connectivity index (χ0n) is 19.5. The van der Waals surface area contributed by atoms with Gasteiger partial charge < -0.3 is 16.0 Å². The third-order valence-electron chi connectivity index (χ3n) is 6.07. The molecule has 2 aromatic carbocycles. The lowest BCUT2D eigenvalue weighted by atomic mass is 10.1. The van der Waals surface area contributed by atoms with Gasteiger partial charge >= 0.3 is 0 Å². The monoisotopic (exact) mass is 505 g/mol. The lowest BCUT2D eigenvalue weighted by Crippen LogP contribution is -2.46. The van der Waals surface area contributed by atoms with Crippen LogP contribution in [0.25, 0.3) is 22.2 Å². The molecule has 36 heavy (non-hydrogen) atoms. The van der Waals surface area contributed by atoms with E-state index in [1.165, 1.54) is 18.2 Å². The number of hydrogen-bond donors (Lipinski definition) is 3. The molecule has 2 aromatic heterocycles. The molecule has 1 saturated heterocycles. The molecule has 1 fully saturated rings. The third-order valence-corrected chi connectivity index (χ3v) is 6.30. The summed E-state index contributed by atoms with van der Waals surface area (Å²) in [4.78, 5) is 19.5. The summed E-state index contributed by atoms with van der Waals surface area (Å²) in [7, 11) is 0. The summed E-state index contributed by atoms with van der Waals surface area (Å²) in [6.07, 6.45) is 3.22. The number of carbonyl (C=O) groups is 1. The summed E-state index contributed by atoms with van der Waals surface area (Å²) < 4.78 is 14.3. The third kappa shape index (κ3) is 5.59. The molecule has 1 aliphatic rings. The fourth-order valence-corrected chi connectivity index (χ4v) is 4.35. The molecule has 5 rings (SSSR count). The number of hydrogen-bond acceptors (Lipinski definition) is 7. The zero-order chi connectivity index (χ0) is 24.9. The number of aromatic nitrogens is 3. The molecule has 0 radical (unpaired) electrons. The van der Waals surface area contributed by atoms with Crippen LogP contribution in [-0.2, 0) is 0 Å². The highest BCUT2D eigenvalue weighted by Gasteiger charge is 2.13. The van der Waals surface area contributed by atoms with Crippen LogP contribution in [0.4, 0.5) is 15.8 Å². The van der Waals surface area contributed by atoms with Crippen LogP contribution in [0.5, 0.6) is 0 Å². The molecule has 0 aliphatic carbocycles. The molecule has 0 atom stereocenters. The topological polar surface area (TPSA) is 95.1 Å². The lowest BCUT2D eigenvalue weighted by molar-refractivity contribution is 0.0947. The molecule has 184 valence electrons. The molecular formula is C26H25ClFN7O. The molecule has 3 heterocycles. The second-order valence-electron chi connectivity index (χ2n) is 8.52. The fraction of sp³-hybridized carbons (Fsp3) is 0.231. The van der Waals surface area contributed by atoms with Gasteiger partial charge in [0.25, 0.3) is 5.91 Å². The van der Waals surface area contributed by atoms with Gasteiger partial charge in [-0.2, -0.15) is 10.2 Å². The van der Waals surface area contributed by atoms with Gasteiger partial charge in [0.2, 0.25) is 0 Å². The standard InChI is InChI=1S/C26H25ClFN7O/c27-18-2-4-22(28)21(14-18)25-15-19(16-32-34-25)33-23-5-6-30-24-13-17(1-3-20(23)24)26(36)31-9-12-35-10-7-29-8-11-35/h1-6,13-16,29H,7-12H2,(H,31,36)(H,30,33,34). The highest BCUT2D eigenvalue weighted by atomic mass is 35.5. The molecular weight excluding hydrogens is 481 g/mol. The van der Waals surface area contributed by atoms with Gasteiger partial charge in [0.1, 0.15) is 5.82 Å². The Balaban J connectivity index is 1.31. The Hall–Kier alpha value is -3.66. The van der Waals surface area contributed by atoms with Crippen molar-refractivity contribution in [2.24, 2.45) is 0 Å². The van der Waals surface area contributed by atoms with E-state index in [9.17, 15) is 9.18 Å². The normalized spacial score (nSPS) is 14.1. The first-order chi connectivity index (χ1) is 17.6. The van der Waals surface area contributed by atoms with Crippen LogP contribution in [0.3, 0.4) is 0 Å². The Morgan fingerprint density at radius 3 is 2.83 bits per heavy atom. The van der Waals surface area contributed by atoms with Crippen LogP contribution in [0.1, 0.15) is 10.4 Å². The first-order valence-corrected chi connectivity index (χ1v) is 12.1. The zero-order valence-corrected chi connectivity index (χ0v) is 20.2. The first kappa shape index (κ1) is 24.1. The number of halogens is 2. The molecule has 0 saturated carbocycles. The maximum absolute atomic E-state index is 14.3. The molecule has 8 nitrogen and oxygen atoms in total. The Morgan fingerprint density at radius 2 is 1.97 bits per heavy atom. The molecule has 0 unspecified atom stereocenters. The molecule has 1 aliphatic heterocycles. The number of anilines is 2. The van der Waals surface area contributed by atoms with Gasteiger partial charge in [0.15, 0.2) is 0 Å². The summed E-state index contributed by atoms with van der Waals surface area (Å²) in [5, 5.41) is 18.9. The van der Waals surface area contributed by atoms with Crippen molar-refractivity contribution in [3.8, 4) is 11.3 Å². The van der Waals surface area contributed by atoms with E-state index >= 15 is 0 Å². The number of piperazine rings is 1. The SMILES string of the molecule is O=C(NCCN1CCNCC1)c1ccc2c(Nc3cnnc(-c4cc(Cl)ccc4F)c3)ccnc2c1. The lowest BCUT2D eigenvalue weighted by Gasteiger charge is -2.27. The predicted octanol–water partition coefficient (Wildman–Crippen LogP) is 3.86. The van der Waals surface area contributed by atoms with Crippen molar-refractivity contribution in [1.82, 2.24) is 30.7 Å². The number of pyridine rings is 1. The first-order valence-electron chi connectivity index (χ1n) is 11.7. The van der Waals surface area contributed by atoms with Gasteiger partial charge in [0.05, 0.1) is 23.1 Å². The minimum atomic E-state index is -0.432. The Morgan fingerprint density at radius 1 is 1.11 bits per heavy atom. The Bertz CT molecular complexity index is 1390. The maximum Gasteiger partial charge on any atom is 0.251 e. The van der Waals surface area contributed by atoms with Gasteiger partial charge in [-0.1, -0.05) is 11.6 Å². The molecule has 0 bridgehead atoms. The van der Waals surface area contributed by atoms with E-state index < -0.39 is 5.82 Å². The summed E-state index contributed by atoms with van der Waals surface area (Å²) >= 11 is 6.03. The van der Waals surface area contributed by atoms with Crippen molar-refractivity contribution in [3.63, 3.8) is 0 Å². The second kappa shape index (κ2) is 10.9. The minimum absolute atomic E-state index is 0.126. The summed E-state index contributed by atoms with van der Waals surface area (Å²) in [5.74, 6) is -0.558. The van der Waals surface area contributed by atoms with Gasteiger partial charge in [0, 0.05) is 72.7 Å². The average molecular weight is 506 g/mol. The molecule has 0 spiro atoms. The summed E-state index contributed by atoms with van der Waals surface area (Å²) in [6, 6.07) is 13.3.